The highest BCUT2D eigenvalue weighted by atomic mass is 19.1. The normalized spacial score (nSPS) is 11.8. The third-order valence-corrected chi connectivity index (χ3v) is 3.68. The van der Waals surface area contributed by atoms with Crippen LogP contribution in [0.5, 0.6) is 0 Å². The molecule has 0 spiro atoms. The summed E-state index contributed by atoms with van der Waals surface area (Å²) in [6, 6.07) is 13.4. The van der Waals surface area contributed by atoms with Crippen LogP contribution in [0.15, 0.2) is 48.5 Å². The van der Waals surface area contributed by atoms with E-state index < -0.39 is 0 Å². The molecule has 0 bridgehead atoms. The van der Waals surface area contributed by atoms with Gasteiger partial charge in [0.15, 0.2) is 0 Å². The molecule has 21 heavy (non-hydrogen) atoms. The van der Waals surface area contributed by atoms with Gasteiger partial charge in [-0.2, -0.15) is 0 Å². The summed E-state index contributed by atoms with van der Waals surface area (Å²) >= 11 is 0. The Hall–Kier alpha value is -2.36. The van der Waals surface area contributed by atoms with Gasteiger partial charge in [-0.25, -0.2) is 4.39 Å². The van der Waals surface area contributed by atoms with E-state index in [-0.39, 0.29) is 17.8 Å². The van der Waals surface area contributed by atoms with Gasteiger partial charge in [0.25, 0.3) is 5.91 Å². The van der Waals surface area contributed by atoms with Crippen LogP contribution in [-0.2, 0) is 0 Å². The van der Waals surface area contributed by atoms with Gasteiger partial charge in [0, 0.05) is 30.9 Å². The van der Waals surface area contributed by atoms with Crippen LogP contribution >= 0.6 is 0 Å². The smallest absolute Gasteiger partial charge is 0.254 e. The van der Waals surface area contributed by atoms with Gasteiger partial charge in [0.2, 0.25) is 0 Å². The second kappa shape index (κ2) is 6.39. The SMILES string of the molecule is CNc1ccc(C(=O)N(C)C(C)c2ccccc2F)cc1. The number of halogens is 1. The maximum absolute atomic E-state index is 13.8. The standard InChI is InChI=1S/C17H19FN2O/c1-12(15-6-4-5-7-16(15)18)20(3)17(21)13-8-10-14(19-2)11-9-13/h4-12,19H,1-3H3. The van der Waals surface area contributed by atoms with Crippen molar-refractivity contribution in [2.24, 2.45) is 0 Å². The molecule has 0 radical (unpaired) electrons. The summed E-state index contributed by atoms with van der Waals surface area (Å²) in [5.41, 5.74) is 2.04. The highest BCUT2D eigenvalue weighted by Crippen LogP contribution is 2.23. The molecule has 0 aliphatic carbocycles. The molecular weight excluding hydrogens is 267 g/mol. The number of nitrogens with one attached hydrogen (secondary N) is 1. The first-order chi connectivity index (χ1) is 10.0. The average Bonchev–Trinajstić information content (AvgIpc) is 2.53. The predicted octanol–water partition coefficient (Wildman–Crippen LogP) is 3.70. The molecule has 2 rings (SSSR count). The lowest BCUT2D eigenvalue weighted by molar-refractivity contribution is 0.0740. The molecule has 0 aliphatic heterocycles. The van der Waals surface area contributed by atoms with Gasteiger partial charge in [0.05, 0.1) is 6.04 Å². The molecule has 110 valence electrons. The van der Waals surface area contributed by atoms with Crippen molar-refractivity contribution in [3.63, 3.8) is 0 Å². The summed E-state index contributed by atoms with van der Waals surface area (Å²) < 4.78 is 13.8. The Morgan fingerprint density at radius 3 is 2.33 bits per heavy atom. The first-order valence-corrected chi connectivity index (χ1v) is 6.84. The summed E-state index contributed by atoms with van der Waals surface area (Å²) in [5, 5.41) is 3.00. The van der Waals surface area contributed by atoms with Crippen LogP contribution in [0.1, 0.15) is 28.9 Å². The highest BCUT2D eigenvalue weighted by molar-refractivity contribution is 5.94. The molecule has 1 amide bonds. The minimum Gasteiger partial charge on any atom is -0.388 e. The minimum absolute atomic E-state index is 0.131. The third-order valence-electron chi connectivity index (χ3n) is 3.68. The fourth-order valence-electron chi connectivity index (χ4n) is 2.18. The predicted molar refractivity (Wildman–Crippen MR) is 82.9 cm³/mol. The molecule has 0 aliphatic rings. The number of rotatable bonds is 4. The lowest BCUT2D eigenvalue weighted by atomic mass is 10.1. The minimum atomic E-state index is -0.331. The zero-order chi connectivity index (χ0) is 15.4. The lowest BCUT2D eigenvalue weighted by Crippen LogP contribution is -2.30. The Labute approximate surface area is 124 Å². The number of carbonyl (C=O) groups excluding carboxylic acids is 1. The molecule has 0 saturated heterocycles. The topological polar surface area (TPSA) is 32.3 Å². The molecule has 0 aromatic heterocycles. The number of anilines is 1. The van der Waals surface area contributed by atoms with Crippen molar-refractivity contribution in [2.75, 3.05) is 19.4 Å². The Bertz CT molecular complexity index is 625. The van der Waals surface area contributed by atoms with Crippen LogP contribution in [-0.4, -0.2) is 24.9 Å². The van der Waals surface area contributed by atoms with Crippen LogP contribution in [0, 0.1) is 5.82 Å². The first kappa shape index (κ1) is 15.0. The number of benzene rings is 2. The van der Waals surface area contributed by atoms with Crippen molar-refractivity contribution in [2.45, 2.75) is 13.0 Å². The fraction of sp³-hybridized carbons (Fsp3) is 0.235. The first-order valence-electron chi connectivity index (χ1n) is 6.84. The molecule has 0 fully saturated rings. The van der Waals surface area contributed by atoms with Crippen LogP contribution in [0.4, 0.5) is 10.1 Å². The van der Waals surface area contributed by atoms with Crippen molar-refractivity contribution in [3.05, 3.63) is 65.5 Å². The van der Waals surface area contributed by atoms with E-state index in [9.17, 15) is 9.18 Å². The monoisotopic (exact) mass is 286 g/mol. The fourth-order valence-corrected chi connectivity index (χ4v) is 2.18. The highest BCUT2D eigenvalue weighted by Gasteiger charge is 2.20. The summed E-state index contributed by atoms with van der Waals surface area (Å²) in [6.45, 7) is 1.82. The van der Waals surface area contributed by atoms with E-state index in [0.717, 1.165) is 5.69 Å². The van der Waals surface area contributed by atoms with Crippen molar-refractivity contribution in [1.82, 2.24) is 4.90 Å². The Morgan fingerprint density at radius 1 is 1.14 bits per heavy atom. The zero-order valence-corrected chi connectivity index (χ0v) is 12.4. The molecule has 1 unspecified atom stereocenters. The quantitative estimate of drug-likeness (QED) is 0.929. The summed E-state index contributed by atoms with van der Waals surface area (Å²) in [5.74, 6) is -0.427. The summed E-state index contributed by atoms with van der Waals surface area (Å²) in [4.78, 5) is 14.0. The third kappa shape index (κ3) is 3.21. The van der Waals surface area contributed by atoms with E-state index in [1.165, 1.54) is 6.07 Å². The Morgan fingerprint density at radius 2 is 1.76 bits per heavy atom. The van der Waals surface area contributed by atoms with Crippen LogP contribution in [0.3, 0.4) is 0 Å². The van der Waals surface area contributed by atoms with Crippen molar-refractivity contribution >= 4 is 11.6 Å². The van der Waals surface area contributed by atoms with Crippen LogP contribution in [0.25, 0.3) is 0 Å². The number of carbonyl (C=O) groups is 1. The van der Waals surface area contributed by atoms with E-state index >= 15 is 0 Å². The lowest BCUT2D eigenvalue weighted by Gasteiger charge is -2.25. The van der Waals surface area contributed by atoms with Gasteiger partial charge in [0.1, 0.15) is 5.82 Å². The maximum Gasteiger partial charge on any atom is 0.254 e. The number of nitrogens with zero attached hydrogens (tertiary/aromatic N) is 1. The average molecular weight is 286 g/mol. The molecule has 1 atom stereocenters. The number of amides is 1. The van der Waals surface area contributed by atoms with Crippen molar-refractivity contribution in [1.29, 1.82) is 0 Å². The van der Waals surface area contributed by atoms with Crippen molar-refractivity contribution < 1.29 is 9.18 Å². The van der Waals surface area contributed by atoms with E-state index in [0.29, 0.717) is 11.1 Å². The van der Waals surface area contributed by atoms with Gasteiger partial charge in [-0.05, 0) is 37.3 Å². The maximum atomic E-state index is 13.8. The summed E-state index contributed by atoms with van der Waals surface area (Å²) in [6.07, 6.45) is 0. The molecule has 2 aromatic rings. The Balaban J connectivity index is 2.20. The molecular formula is C17H19FN2O. The molecule has 2 aromatic carbocycles. The van der Waals surface area contributed by atoms with E-state index in [1.54, 1.807) is 42.3 Å². The van der Waals surface area contributed by atoms with Gasteiger partial charge in [-0.1, -0.05) is 18.2 Å². The van der Waals surface area contributed by atoms with E-state index in [2.05, 4.69) is 5.32 Å². The van der Waals surface area contributed by atoms with Gasteiger partial charge in [-0.3, -0.25) is 4.79 Å². The molecule has 0 saturated carbocycles. The van der Waals surface area contributed by atoms with Gasteiger partial charge in [-0.15, -0.1) is 0 Å². The molecule has 1 N–H and O–H groups in total. The second-order valence-electron chi connectivity index (χ2n) is 4.94. The van der Waals surface area contributed by atoms with Crippen LogP contribution in [0.2, 0.25) is 0 Å². The Kier molecular flexibility index (Phi) is 4.58. The number of hydrogen-bond donors (Lipinski definition) is 1. The number of hydrogen-bond acceptors (Lipinski definition) is 2. The van der Waals surface area contributed by atoms with Gasteiger partial charge >= 0.3 is 0 Å². The van der Waals surface area contributed by atoms with E-state index in [1.807, 2.05) is 26.1 Å². The largest absolute Gasteiger partial charge is 0.388 e. The molecule has 0 heterocycles. The van der Waals surface area contributed by atoms with E-state index in [4.69, 9.17) is 0 Å². The second-order valence-corrected chi connectivity index (χ2v) is 4.94. The van der Waals surface area contributed by atoms with Gasteiger partial charge < -0.3 is 10.2 Å². The molecule has 4 heteroatoms. The summed E-state index contributed by atoms with van der Waals surface area (Å²) in [7, 11) is 3.51. The van der Waals surface area contributed by atoms with Crippen LogP contribution < -0.4 is 5.32 Å². The molecule has 3 nitrogen and oxygen atoms in total. The van der Waals surface area contributed by atoms with Crippen molar-refractivity contribution in [3.8, 4) is 0 Å². The zero-order valence-electron chi connectivity index (χ0n) is 12.4.